The van der Waals surface area contributed by atoms with Crippen LogP contribution in [0.2, 0.25) is 0 Å². The summed E-state index contributed by atoms with van der Waals surface area (Å²) in [4.78, 5) is 28.6. The number of carbonyl (C=O) groups is 2. The second-order valence-corrected chi connectivity index (χ2v) is 7.83. The second-order valence-electron chi connectivity index (χ2n) is 6.18. The minimum Gasteiger partial charge on any atom is -0.352 e. The van der Waals surface area contributed by atoms with Gasteiger partial charge in [-0.2, -0.15) is 0 Å². The first-order valence-corrected chi connectivity index (χ1v) is 10.2. The Balaban J connectivity index is 1.72. The number of carbonyl (C=O) groups excluding carboxylic acids is 2. The zero-order chi connectivity index (χ0) is 20.3. The van der Waals surface area contributed by atoms with Gasteiger partial charge < -0.3 is 10.6 Å². The van der Waals surface area contributed by atoms with Crippen LogP contribution < -0.4 is 15.4 Å². The first kappa shape index (κ1) is 19.6. The van der Waals surface area contributed by atoms with Crippen LogP contribution in [0.15, 0.2) is 58.4 Å². The minimum atomic E-state index is -3.65. The number of rotatable bonds is 5. The van der Waals surface area contributed by atoms with Gasteiger partial charge in [-0.05, 0) is 50.2 Å². The zero-order valence-electron chi connectivity index (χ0n) is 15.4. The summed E-state index contributed by atoms with van der Waals surface area (Å²) in [7, 11) is -3.65. The molecule has 28 heavy (non-hydrogen) atoms. The molecule has 2 aromatic rings. The first-order valence-electron chi connectivity index (χ1n) is 8.71. The lowest BCUT2D eigenvalue weighted by Gasteiger charge is -2.10. The summed E-state index contributed by atoms with van der Waals surface area (Å²) in [5, 5.41) is 5.40. The van der Waals surface area contributed by atoms with Crippen LogP contribution in [0.4, 0.5) is 5.69 Å². The molecule has 0 unspecified atom stereocenters. The second kappa shape index (κ2) is 7.81. The third-order valence-corrected chi connectivity index (χ3v) is 5.51. The van der Waals surface area contributed by atoms with Crippen LogP contribution in [0.1, 0.15) is 29.8 Å². The van der Waals surface area contributed by atoms with Gasteiger partial charge in [-0.3, -0.25) is 19.3 Å². The highest BCUT2D eigenvalue weighted by molar-refractivity contribution is 7.90. The summed E-state index contributed by atoms with van der Waals surface area (Å²) in [6, 6.07) is 12.1. The molecule has 0 saturated carbocycles. The molecule has 0 aliphatic carbocycles. The monoisotopic (exact) mass is 400 g/mol. The molecule has 9 heteroatoms. The highest BCUT2D eigenvalue weighted by Crippen LogP contribution is 2.22. The van der Waals surface area contributed by atoms with Crippen molar-refractivity contribution in [2.75, 3.05) is 11.9 Å². The predicted octanol–water partition coefficient (Wildman–Crippen LogP) is 1.50. The Morgan fingerprint density at radius 3 is 2.46 bits per heavy atom. The lowest BCUT2D eigenvalue weighted by molar-refractivity contribution is -0.117. The normalized spacial score (nSPS) is 16.7. The molecule has 0 aromatic heterocycles. The number of amidine groups is 1. The number of hydrogen-bond acceptors (Lipinski definition) is 5. The number of nitrogens with one attached hydrogen (secondary N) is 3. The number of anilines is 1. The molecule has 0 fully saturated rings. The molecule has 1 aliphatic rings. The maximum absolute atomic E-state index is 12.4. The Morgan fingerprint density at radius 1 is 1.11 bits per heavy atom. The van der Waals surface area contributed by atoms with Crippen LogP contribution in [0.5, 0.6) is 0 Å². The molecule has 3 N–H and O–H groups in total. The number of nitrogens with zero attached hydrogens (tertiary/aromatic N) is 1. The lowest BCUT2D eigenvalue weighted by atomic mass is 10.2. The number of sulfonamides is 1. The van der Waals surface area contributed by atoms with E-state index in [1.807, 2.05) is 6.92 Å². The van der Waals surface area contributed by atoms with E-state index >= 15 is 0 Å². The quantitative estimate of drug-likeness (QED) is 0.705. The lowest BCUT2D eigenvalue weighted by Crippen LogP contribution is -2.29. The van der Waals surface area contributed by atoms with E-state index in [9.17, 15) is 18.0 Å². The van der Waals surface area contributed by atoms with Gasteiger partial charge in [0, 0.05) is 23.4 Å². The van der Waals surface area contributed by atoms with E-state index in [-0.39, 0.29) is 16.6 Å². The van der Waals surface area contributed by atoms with Gasteiger partial charge in [0.2, 0.25) is 5.91 Å². The fraction of sp³-hybridized carbons (Fsp3) is 0.211. The Kier molecular flexibility index (Phi) is 5.46. The van der Waals surface area contributed by atoms with Gasteiger partial charge in [-0.1, -0.05) is 12.1 Å². The van der Waals surface area contributed by atoms with Gasteiger partial charge in [0.05, 0.1) is 4.90 Å². The van der Waals surface area contributed by atoms with E-state index in [1.54, 1.807) is 49.4 Å². The number of aliphatic imine (C=N–C) groups is 1. The van der Waals surface area contributed by atoms with Gasteiger partial charge >= 0.3 is 0 Å². The van der Waals surface area contributed by atoms with Crippen LogP contribution in [0.25, 0.3) is 0 Å². The average Bonchev–Trinajstić information content (AvgIpc) is 2.93. The summed E-state index contributed by atoms with van der Waals surface area (Å²) in [5.74, 6) is -0.445. The molecule has 0 saturated heterocycles. The first-order chi connectivity index (χ1) is 13.3. The van der Waals surface area contributed by atoms with Crippen molar-refractivity contribution in [3.8, 4) is 0 Å². The summed E-state index contributed by atoms with van der Waals surface area (Å²) < 4.78 is 26.6. The van der Waals surface area contributed by atoms with Crippen LogP contribution in [-0.4, -0.2) is 38.7 Å². The topological polar surface area (TPSA) is 117 Å². The van der Waals surface area contributed by atoms with Crippen LogP contribution >= 0.6 is 0 Å². The Hall–Kier alpha value is -3.20. The van der Waals surface area contributed by atoms with Crippen molar-refractivity contribution in [2.24, 2.45) is 4.99 Å². The molecule has 1 heterocycles. The molecule has 1 atom stereocenters. The number of fused-ring (bicyclic) bond motifs is 1. The minimum absolute atomic E-state index is 0.141. The summed E-state index contributed by atoms with van der Waals surface area (Å²) in [6.45, 7) is 3.93. The molecule has 8 nitrogen and oxygen atoms in total. The van der Waals surface area contributed by atoms with Crippen LogP contribution in [-0.2, 0) is 14.8 Å². The zero-order valence-corrected chi connectivity index (χ0v) is 16.2. The molecule has 0 bridgehead atoms. The van der Waals surface area contributed by atoms with E-state index in [1.165, 1.54) is 6.07 Å². The maximum atomic E-state index is 12.4. The van der Waals surface area contributed by atoms with E-state index in [0.717, 1.165) is 0 Å². The summed E-state index contributed by atoms with van der Waals surface area (Å²) in [5.41, 5.74) is 1.44. The van der Waals surface area contributed by atoms with Crippen molar-refractivity contribution in [3.05, 3.63) is 59.7 Å². The van der Waals surface area contributed by atoms with Crippen LogP contribution in [0.3, 0.4) is 0 Å². The smallest absolute Gasteiger partial charge is 0.263 e. The SMILES string of the molecule is CCNC(=O)c1ccc(NC(=O)[C@H](C)N=C2NS(=O)(=O)c3ccccc32)cc1. The molecule has 2 aromatic carbocycles. The fourth-order valence-electron chi connectivity index (χ4n) is 2.70. The maximum Gasteiger partial charge on any atom is 0.263 e. The van der Waals surface area contributed by atoms with Crippen molar-refractivity contribution in [3.63, 3.8) is 0 Å². The molecular formula is C19H20N4O4S. The molecule has 146 valence electrons. The van der Waals surface area contributed by atoms with E-state index < -0.39 is 22.0 Å². The number of hydrogen-bond donors (Lipinski definition) is 3. The Morgan fingerprint density at radius 2 is 1.79 bits per heavy atom. The number of benzene rings is 2. The third kappa shape index (κ3) is 4.04. The average molecular weight is 400 g/mol. The van der Waals surface area contributed by atoms with E-state index in [0.29, 0.717) is 23.4 Å². The molecule has 0 spiro atoms. The highest BCUT2D eigenvalue weighted by atomic mass is 32.2. The number of amides is 2. The van der Waals surface area contributed by atoms with E-state index in [4.69, 9.17) is 0 Å². The summed E-state index contributed by atoms with van der Waals surface area (Å²) in [6.07, 6.45) is 0. The van der Waals surface area contributed by atoms with Crippen molar-refractivity contribution in [1.82, 2.24) is 10.0 Å². The predicted molar refractivity (Wildman–Crippen MR) is 106 cm³/mol. The van der Waals surface area contributed by atoms with Gasteiger partial charge in [0.25, 0.3) is 15.9 Å². The Bertz CT molecular complexity index is 1050. The van der Waals surface area contributed by atoms with Gasteiger partial charge in [-0.15, -0.1) is 0 Å². The van der Waals surface area contributed by atoms with Crippen LogP contribution in [0, 0.1) is 0 Å². The standard InChI is InChI=1S/C19H20N4O4S/c1-3-20-19(25)13-8-10-14(11-9-13)22-18(24)12(2)21-17-15-6-4-5-7-16(15)28(26,27)23-17/h4-12H,3H2,1-2H3,(H,20,25)(H,21,23)(H,22,24)/t12-/m0/s1. The highest BCUT2D eigenvalue weighted by Gasteiger charge is 2.31. The molecule has 0 radical (unpaired) electrons. The summed E-state index contributed by atoms with van der Waals surface area (Å²) >= 11 is 0. The van der Waals surface area contributed by atoms with E-state index in [2.05, 4.69) is 20.3 Å². The fourth-order valence-corrected chi connectivity index (χ4v) is 3.94. The van der Waals surface area contributed by atoms with Crippen molar-refractivity contribution in [2.45, 2.75) is 24.8 Å². The van der Waals surface area contributed by atoms with Crippen molar-refractivity contribution >= 4 is 33.4 Å². The molecule has 3 rings (SSSR count). The van der Waals surface area contributed by atoms with Gasteiger partial charge in [0.15, 0.2) is 0 Å². The van der Waals surface area contributed by atoms with Gasteiger partial charge in [0.1, 0.15) is 11.9 Å². The molecule has 2 amide bonds. The molecule has 1 aliphatic heterocycles. The largest absolute Gasteiger partial charge is 0.352 e. The van der Waals surface area contributed by atoms with Gasteiger partial charge in [-0.25, -0.2) is 8.42 Å². The van der Waals surface area contributed by atoms with Crippen molar-refractivity contribution < 1.29 is 18.0 Å². The molecular weight excluding hydrogens is 380 g/mol. The van der Waals surface area contributed by atoms with Crippen molar-refractivity contribution in [1.29, 1.82) is 0 Å². The Labute approximate surface area is 163 Å². The third-order valence-electron chi connectivity index (χ3n) is 4.12.